The molecule has 10 heteroatoms. The number of aromatic nitrogens is 2. The molecule has 1 aliphatic rings. The SMILES string of the molecule is O=C(N[C@@H](Cc1ccc(F)cc1)C(=O)N1C[C@@H](O)[C@@H](O)C1)c1cc2cc(Cl)ncc2[nH]1. The number of nitrogens with zero attached hydrogens (tertiary/aromatic N) is 2. The molecule has 0 aliphatic carbocycles. The summed E-state index contributed by atoms with van der Waals surface area (Å²) >= 11 is 5.89. The number of carbonyl (C=O) groups excluding carboxylic acids is 2. The zero-order valence-corrected chi connectivity index (χ0v) is 17.0. The number of fused-ring (bicyclic) bond motifs is 1. The molecule has 1 saturated heterocycles. The van der Waals surface area contributed by atoms with E-state index in [0.717, 1.165) is 0 Å². The standard InChI is InChI=1S/C21H20ClFN4O4/c22-19-7-12-6-14(25-16(12)8-24-19)20(30)26-15(5-11-1-3-13(23)4-2-11)21(31)27-9-17(28)18(29)10-27/h1-4,6-8,15,17-18,25,28-29H,5,9-10H2,(H,26,30)/t15-,17-,18+/m0/s1. The van der Waals surface area contributed by atoms with E-state index in [4.69, 9.17) is 11.6 Å². The third-order valence-corrected chi connectivity index (χ3v) is 5.45. The van der Waals surface area contributed by atoms with E-state index in [1.165, 1.54) is 35.4 Å². The number of halogens is 2. The number of aliphatic hydroxyl groups excluding tert-OH is 2. The maximum Gasteiger partial charge on any atom is 0.268 e. The van der Waals surface area contributed by atoms with Crippen molar-refractivity contribution in [3.8, 4) is 0 Å². The number of rotatable bonds is 5. The van der Waals surface area contributed by atoms with Crippen molar-refractivity contribution in [3.05, 3.63) is 64.8 Å². The predicted molar refractivity (Wildman–Crippen MR) is 111 cm³/mol. The normalized spacial score (nSPS) is 19.5. The number of hydrogen-bond acceptors (Lipinski definition) is 5. The summed E-state index contributed by atoms with van der Waals surface area (Å²) < 4.78 is 13.3. The first-order chi connectivity index (χ1) is 14.8. The lowest BCUT2D eigenvalue weighted by Gasteiger charge is -2.24. The van der Waals surface area contributed by atoms with Gasteiger partial charge in [0.25, 0.3) is 5.91 Å². The van der Waals surface area contributed by atoms with E-state index in [0.29, 0.717) is 16.5 Å². The second kappa shape index (κ2) is 8.62. The predicted octanol–water partition coefficient (Wildman–Crippen LogP) is 1.26. The van der Waals surface area contributed by atoms with Gasteiger partial charge in [-0.1, -0.05) is 23.7 Å². The van der Waals surface area contributed by atoms with Crippen LogP contribution in [0.25, 0.3) is 10.9 Å². The largest absolute Gasteiger partial charge is 0.388 e. The number of amides is 2. The molecule has 3 heterocycles. The van der Waals surface area contributed by atoms with Crippen molar-refractivity contribution in [1.82, 2.24) is 20.2 Å². The minimum absolute atomic E-state index is 0.0354. The Labute approximate surface area is 181 Å². The van der Waals surface area contributed by atoms with Crippen molar-refractivity contribution < 1.29 is 24.2 Å². The van der Waals surface area contributed by atoms with Crippen molar-refractivity contribution in [3.63, 3.8) is 0 Å². The lowest BCUT2D eigenvalue weighted by Crippen LogP contribution is -2.49. The van der Waals surface area contributed by atoms with Gasteiger partial charge in [-0.3, -0.25) is 9.59 Å². The first-order valence-corrected chi connectivity index (χ1v) is 10.0. The second-order valence-corrected chi connectivity index (χ2v) is 7.90. The van der Waals surface area contributed by atoms with Crippen LogP contribution >= 0.6 is 11.6 Å². The van der Waals surface area contributed by atoms with Gasteiger partial charge in [-0.05, 0) is 29.8 Å². The van der Waals surface area contributed by atoms with E-state index in [1.54, 1.807) is 12.1 Å². The number of nitrogens with one attached hydrogen (secondary N) is 2. The minimum atomic E-state index is -1.04. The number of carbonyl (C=O) groups is 2. The van der Waals surface area contributed by atoms with Gasteiger partial charge in [-0.2, -0.15) is 0 Å². The van der Waals surface area contributed by atoms with Crippen LogP contribution in [0.1, 0.15) is 16.1 Å². The summed E-state index contributed by atoms with van der Waals surface area (Å²) in [6, 6.07) is 7.84. The second-order valence-electron chi connectivity index (χ2n) is 7.51. The maximum atomic E-state index is 13.3. The molecule has 162 valence electrons. The third-order valence-electron chi connectivity index (χ3n) is 5.24. The van der Waals surface area contributed by atoms with Crippen molar-refractivity contribution in [1.29, 1.82) is 0 Å². The maximum absolute atomic E-state index is 13.3. The smallest absolute Gasteiger partial charge is 0.268 e. The molecule has 31 heavy (non-hydrogen) atoms. The monoisotopic (exact) mass is 446 g/mol. The molecule has 4 N–H and O–H groups in total. The fourth-order valence-electron chi connectivity index (χ4n) is 3.59. The Kier molecular flexibility index (Phi) is 5.90. The van der Waals surface area contributed by atoms with Crippen molar-refractivity contribution in [2.75, 3.05) is 13.1 Å². The van der Waals surface area contributed by atoms with Crippen LogP contribution in [-0.2, 0) is 11.2 Å². The van der Waals surface area contributed by atoms with Crippen LogP contribution in [-0.4, -0.2) is 68.2 Å². The van der Waals surface area contributed by atoms with Crippen molar-refractivity contribution >= 4 is 34.3 Å². The van der Waals surface area contributed by atoms with E-state index >= 15 is 0 Å². The Morgan fingerprint density at radius 3 is 2.58 bits per heavy atom. The van der Waals surface area contributed by atoms with Crippen LogP contribution in [0, 0.1) is 5.82 Å². The average Bonchev–Trinajstić information content (AvgIpc) is 3.31. The lowest BCUT2D eigenvalue weighted by atomic mass is 10.0. The molecular formula is C21H20ClFN4O4. The summed E-state index contributed by atoms with van der Waals surface area (Å²) in [5.74, 6) is -1.38. The Balaban J connectivity index is 1.57. The van der Waals surface area contributed by atoms with Gasteiger partial charge in [0, 0.05) is 24.9 Å². The number of hydrogen-bond donors (Lipinski definition) is 4. The molecule has 2 aromatic heterocycles. The molecule has 2 amide bonds. The first-order valence-electron chi connectivity index (χ1n) is 9.64. The number of aromatic amines is 1. The fourth-order valence-corrected chi connectivity index (χ4v) is 3.76. The van der Waals surface area contributed by atoms with E-state index in [1.807, 2.05) is 0 Å². The number of aliphatic hydroxyl groups is 2. The van der Waals surface area contributed by atoms with Gasteiger partial charge in [-0.25, -0.2) is 9.37 Å². The quantitative estimate of drug-likeness (QED) is 0.440. The van der Waals surface area contributed by atoms with Crippen LogP contribution in [0.15, 0.2) is 42.6 Å². The van der Waals surface area contributed by atoms with Crippen LogP contribution < -0.4 is 5.32 Å². The van der Waals surface area contributed by atoms with E-state index < -0.39 is 35.9 Å². The summed E-state index contributed by atoms with van der Waals surface area (Å²) in [4.78, 5) is 34.1. The number of pyridine rings is 1. The highest BCUT2D eigenvalue weighted by atomic mass is 35.5. The minimum Gasteiger partial charge on any atom is -0.388 e. The van der Waals surface area contributed by atoms with Gasteiger partial charge in [0.2, 0.25) is 5.91 Å². The lowest BCUT2D eigenvalue weighted by molar-refractivity contribution is -0.132. The first kappa shape index (κ1) is 21.2. The van der Waals surface area contributed by atoms with Crippen LogP contribution in [0.4, 0.5) is 4.39 Å². The summed E-state index contributed by atoms with van der Waals surface area (Å²) in [5.41, 5.74) is 1.48. The summed E-state index contributed by atoms with van der Waals surface area (Å²) in [5, 5.41) is 23.3. The van der Waals surface area contributed by atoms with Crippen molar-refractivity contribution in [2.45, 2.75) is 24.7 Å². The number of likely N-dealkylation sites (tertiary alicyclic amines) is 1. The summed E-state index contributed by atoms with van der Waals surface area (Å²) in [6.07, 6.45) is -0.474. The number of benzene rings is 1. The molecule has 1 aromatic carbocycles. The molecule has 8 nitrogen and oxygen atoms in total. The molecule has 0 unspecified atom stereocenters. The molecule has 1 aliphatic heterocycles. The highest BCUT2D eigenvalue weighted by Crippen LogP contribution is 2.19. The number of H-pyrrole nitrogens is 1. The van der Waals surface area contributed by atoms with Gasteiger partial charge in [0.15, 0.2) is 0 Å². The Morgan fingerprint density at radius 1 is 1.23 bits per heavy atom. The van der Waals surface area contributed by atoms with Gasteiger partial charge >= 0.3 is 0 Å². The highest BCUT2D eigenvalue weighted by molar-refractivity contribution is 6.30. The molecular weight excluding hydrogens is 427 g/mol. The molecule has 1 fully saturated rings. The molecule has 3 aromatic rings. The zero-order chi connectivity index (χ0) is 22.1. The molecule has 0 spiro atoms. The van der Waals surface area contributed by atoms with Gasteiger partial charge in [-0.15, -0.1) is 0 Å². The summed E-state index contributed by atoms with van der Waals surface area (Å²) in [7, 11) is 0. The van der Waals surface area contributed by atoms with E-state index in [9.17, 15) is 24.2 Å². The third kappa shape index (κ3) is 4.68. The molecule has 0 bridgehead atoms. The van der Waals surface area contributed by atoms with Crippen LogP contribution in [0.2, 0.25) is 5.15 Å². The molecule has 0 radical (unpaired) electrons. The highest BCUT2D eigenvalue weighted by Gasteiger charge is 2.36. The zero-order valence-electron chi connectivity index (χ0n) is 16.3. The Morgan fingerprint density at radius 2 is 1.90 bits per heavy atom. The number of β-amino-alcohol motifs (C(OH)–C–C–N with tert-alkyl or cyclic N) is 2. The fraction of sp³-hybridized carbons (Fsp3) is 0.286. The topological polar surface area (TPSA) is 119 Å². The van der Waals surface area contributed by atoms with E-state index in [2.05, 4.69) is 15.3 Å². The van der Waals surface area contributed by atoms with Crippen molar-refractivity contribution in [2.24, 2.45) is 0 Å². The average molecular weight is 447 g/mol. The summed E-state index contributed by atoms with van der Waals surface area (Å²) in [6.45, 7) is -0.0707. The van der Waals surface area contributed by atoms with E-state index in [-0.39, 0.29) is 30.4 Å². The molecule has 0 saturated carbocycles. The Bertz CT molecular complexity index is 1110. The van der Waals surface area contributed by atoms with Gasteiger partial charge in [0.05, 0.1) is 23.9 Å². The van der Waals surface area contributed by atoms with Crippen LogP contribution in [0.5, 0.6) is 0 Å². The van der Waals surface area contributed by atoms with Crippen LogP contribution in [0.3, 0.4) is 0 Å². The molecule has 3 atom stereocenters. The van der Waals surface area contributed by atoms with Gasteiger partial charge in [0.1, 0.15) is 22.7 Å². The Hall–Kier alpha value is -3.01. The van der Waals surface area contributed by atoms with Gasteiger partial charge < -0.3 is 25.4 Å². The molecule has 4 rings (SSSR count).